The minimum Gasteiger partial charge on any atom is -0.464 e. The van der Waals surface area contributed by atoms with Gasteiger partial charge in [-0.2, -0.15) is 0 Å². The molecule has 0 fully saturated rings. The first-order valence-electron chi connectivity index (χ1n) is 4.74. The molecule has 1 heterocycles. The Morgan fingerprint density at radius 1 is 1.22 bits per heavy atom. The number of esters is 1. The standard InChI is InChI=1S/C11H6F3NO3/c1-18-11(17)6-3-7(16)8-4(12)2-5(13)9(14)10(8)15-6/h2-3H,1H3,(H,15,16). The third-order valence-electron chi connectivity index (χ3n) is 2.36. The van der Waals surface area contributed by atoms with Gasteiger partial charge in [0.15, 0.2) is 17.1 Å². The zero-order valence-electron chi connectivity index (χ0n) is 9.01. The lowest BCUT2D eigenvalue weighted by atomic mass is 10.1. The lowest BCUT2D eigenvalue weighted by Gasteiger charge is -2.05. The number of nitrogens with one attached hydrogen (secondary N) is 1. The fraction of sp³-hybridized carbons (Fsp3) is 0.0909. The molecule has 1 N–H and O–H groups in total. The molecule has 0 aliphatic heterocycles. The van der Waals surface area contributed by atoms with Crippen molar-refractivity contribution >= 4 is 16.9 Å². The summed E-state index contributed by atoms with van der Waals surface area (Å²) in [5, 5.41) is -0.651. The van der Waals surface area contributed by atoms with E-state index in [0.29, 0.717) is 0 Å². The summed E-state index contributed by atoms with van der Waals surface area (Å²) in [6.07, 6.45) is 0. The van der Waals surface area contributed by atoms with Crippen LogP contribution in [-0.4, -0.2) is 18.1 Å². The monoisotopic (exact) mass is 257 g/mol. The van der Waals surface area contributed by atoms with Crippen molar-refractivity contribution in [2.45, 2.75) is 0 Å². The van der Waals surface area contributed by atoms with Gasteiger partial charge in [-0.25, -0.2) is 18.0 Å². The van der Waals surface area contributed by atoms with E-state index >= 15 is 0 Å². The molecule has 0 aliphatic rings. The van der Waals surface area contributed by atoms with Crippen LogP contribution in [0.25, 0.3) is 10.9 Å². The van der Waals surface area contributed by atoms with E-state index < -0.39 is 39.8 Å². The topological polar surface area (TPSA) is 59.2 Å². The number of ether oxygens (including phenoxy) is 1. The second-order valence-electron chi connectivity index (χ2n) is 3.44. The van der Waals surface area contributed by atoms with Gasteiger partial charge in [0, 0.05) is 12.1 Å². The number of benzene rings is 1. The highest BCUT2D eigenvalue weighted by atomic mass is 19.2. The molecule has 2 rings (SSSR count). The molecule has 1 aromatic carbocycles. The van der Waals surface area contributed by atoms with Crippen molar-refractivity contribution in [1.29, 1.82) is 0 Å². The quantitative estimate of drug-likeness (QED) is 0.625. The van der Waals surface area contributed by atoms with E-state index in [1.165, 1.54) is 0 Å². The fourth-order valence-electron chi connectivity index (χ4n) is 1.55. The van der Waals surface area contributed by atoms with E-state index in [-0.39, 0.29) is 11.8 Å². The van der Waals surface area contributed by atoms with Gasteiger partial charge in [-0.1, -0.05) is 0 Å². The van der Waals surface area contributed by atoms with Crippen LogP contribution in [0.5, 0.6) is 0 Å². The predicted octanol–water partition coefficient (Wildman–Crippen LogP) is 1.73. The predicted molar refractivity (Wildman–Crippen MR) is 55.8 cm³/mol. The summed E-state index contributed by atoms with van der Waals surface area (Å²) in [7, 11) is 1.05. The van der Waals surface area contributed by atoms with Crippen LogP contribution >= 0.6 is 0 Å². The van der Waals surface area contributed by atoms with E-state index in [2.05, 4.69) is 9.72 Å². The van der Waals surface area contributed by atoms with Gasteiger partial charge < -0.3 is 9.72 Å². The number of aromatic nitrogens is 1. The maximum absolute atomic E-state index is 13.4. The van der Waals surface area contributed by atoms with Crippen LogP contribution in [0, 0.1) is 17.5 Å². The lowest BCUT2D eigenvalue weighted by molar-refractivity contribution is 0.0594. The zero-order chi connectivity index (χ0) is 13.4. The molecule has 1 aromatic heterocycles. The van der Waals surface area contributed by atoms with E-state index in [1.807, 2.05) is 0 Å². The van der Waals surface area contributed by atoms with Crippen LogP contribution in [0.2, 0.25) is 0 Å². The smallest absolute Gasteiger partial charge is 0.354 e. The average Bonchev–Trinajstić information content (AvgIpc) is 2.34. The summed E-state index contributed by atoms with van der Waals surface area (Å²) >= 11 is 0. The highest BCUT2D eigenvalue weighted by Gasteiger charge is 2.18. The molecular formula is C11H6F3NO3. The van der Waals surface area contributed by atoms with Gasteiger partial charge in [-0.05, 0) is 0 Å². The van der Waals surface area contributed by atoms with E-state index in [1.54, 1.807) is 0 Å². The Hall–Kier alpha value is -2.31. The van der Waals surface area contributed by atoms with Crippen LogP contribution in [0.15, 0.2) is 16.9 Å². The Morgan fingerprint density at radius 3 is 2.50 bits per heavy atom. The number of carbonyl (C=O) groups is 1. The van der Waals surface area contributed by atoms with E-state index in [9.17, 15) is 22.8 Å². The minimum atomic E-state index is -1.46. The molecule has 4 nitrogen and oxygen atoms in total. The molecule has 0 saturated heterocycles. The molecule has 7 heteroatoms. The molecule has 0 spiro atoms. The average molecular weight is 257 g/mol. The number of rotatable bonds is 1. The molecule has 94 valence electrons. The van der Waals surface area contributed by atoms with Gasteiger partial charge in [0.1, 0.15) is 11.5 Å². The van der Waals surface area contributed by atoms with Crippen molar-refractivity contribution in [2.24, 2.45) is 0 Å². The molecule has 0 bridgehead atoms. The first kappa shape index (κ1) is 12.2. The number of hydrogen-bond acceptors (Lipinski definition) is 3. The number of halogens is 3. The Balaban J connectivity index is 2.92. The fourth-order valence-corrected chi connectivity index (χ4v) is 1.55. The first-order valence-corrected chi connectivity index (χ1v) is 4.74. The van der Waals surface area contributed by atoms with Crippen LogP contribution in [0.1, 0.15) is 10.5 Å². The number of hydrogen-bond donors (Lipinski definition) is 1. The molecule has 0 aliphatic carbocycles. The summed E-state index contributed by atoms with van der Waals surface area (Å²) < 4.78 is 44.1. The Kier molecular flexibility index (Phi) is 2.82. The zero-order valence-corrected chi connectivity index (χ0v) is 9.01. The highest BCUT2D eigenvalue weighted by molar-refractivity contribution is 5.91. The van der Waals surface area contributed by atoms with Gasteiger partial charge in [-0.3, -0.25) is 4.79 Å². The Bertz CT molecular complexity index is 709. The number of carbonyl (C=O) groups excluding carboxylic acids is 1. The first-order chi connectivity index (χ1) is 8.45. The second-order valence-corrected chi connectivity index (χ2v) is 3.44. The normalized spacial score (nSPS) is 10.7. The SMILES string of the molecule is COC(=O)c1cc(=O)c2c(F)cc(F)c(F)c2[nH]1. The molecule has 0 amide bonds. The molecule has 18 heavy (non-hydrogen) atoms. The van der Waals surface area contributed by atoms with Crippen molar-refractivity contribution in [3.8, 4) is 0 Å². The largest absolute Gasteiger partial charge is 0.464 e. The third-order valence-corrected chi connectivity index (χ3v) is 2.36. The maximum Gasteiger partial charge on any atom is 0.354 e. The van der Waals surface area contributed by atoms with Crippen LogP contribution in [0.3, 0.4) is 0 Å². The number of aromatic amines is 1. The molecule has 0 radical (unpaired) electrons. The summed E-state index contributed by atoms with van der Waals surface area (Å²) in [6, 6.07) is 1.03. The van der Waals surface area contributed by atoms with Crippen LogP contribution < -0.4 is 5.43 Å². The molecule has 0 saturated carbocycles. The minimum absolute atomic E-state index is 0.269. The number of methoxy groups -OCH3 is 1. The lowest BCUT2D eigenvalue weighted by Crippen LogP contribution is -2.13. The van der Waals surface area contributed by atoms with Crippen molar-refractivity contribution in [3.05, 3.63) is 45.5 Å². The summed E-state index contributed by atoms with van der Waals surface area (Å²) in [5.74, 6) is -5.05. The summed E-state index contributed by atoms with van der Waals surface area (Å²) in [5.41, 5.74) is -2.04. The second kappa shape index (κ2) is 4.17. The van der Waals surface area contributed by atoms with Crippen molar-refractivity contribution in [2.75, 3.05) is 7.11 Å². The summed E-state index contributed by atoms with van der Waals surface area (Å²) in [6.45, 7) is 0. The van der Waals surface area contributed by atoms with Gasteiger partial charge in [0.25, 0.3) is 0 Å². The highest BCUT2D eigenvalue weighted by Crippen LogP contribution is 2.19. The summed E-state index contributed by atoms with van der Waals surface area (Å²) in [4.78, 5) is 24.9. The number of pyridine rings is 1. The van der Waals surface area contributed by atoms with Crippen molar-refractivity contribution in [1.82, 2.24) is 4.98 Å². The van der Waals surface area contributed by atoms with Gasteiger partial charge in [-0.15, -0.1) is 0 Å². The molecule has 2 aromatic rings. The molecular weight excluding hydrogens is 251 g/mol. The van der Waals surface area contributed by atoms with Crippen molar-refractivity contribution in [3.63, 3.8) is 0 Å². The van der Waals surface area contributed by atoms with Crippen LogP contribution in [-0.2, 0) is 4.74 Å². The third kappa shape index (κ3) is 1.73. The van der Waals surface area contributed by atoms with E-state index in [0.717, 1.165) is 13.2 Å². The molecule has 0 atom stereocenters. The van der Waals surface area contributed by atoms with Gasteiger partial charge >= 0.3 is 5.97 Å². The van der Waals surface area contributed by atoms with Crippen molar-refractivity contribution < 1.29 is 22.7 Å². The van der Waals surface area contributed by atoms with Crippen LogP contribution in [0.4, 0.5) is 13.2 Å². The van der Waals surface area contributed by atoms with Gasteiger partial charge in [0.2, 0.25) is 0 Å². The molecule has 0 unspecified atom stereocenters. The van der Waals surface area contributed by atoms with Gasteiger partial charge in [0.05, 0.1) is 18.0 Å². The number of fused-ring (bicyclic) bond motifs is 1. The van der Waals surface area contributed by atoms with E-state index in [4.69, 9.17) is 0 Å². The maximum atomic E-state index is 13.4. The Morgan fingerprint density at radius 2 is 1.89 bits per heavy atom. The Labute approximate surface area is 98.0 Å². The number of H-pyrrole nitrogens is 1.